The summed E-state index contributed by atoms with van der Waals surface area (Å²) in [5, 5.41) is 9.60. The summed E-state index contributed by atoms with van der Waals surface area (Å²) in [5.41, 5.74) is 10.7. The third-order valence-electron chi connectivity index (χ3n) is 10.7. The van der Waals surface area contributed by atoms with Gasteiger partial charge in [0, 0.05) is 50.4 Å². The number of aromatic nitrogens is 1. The van der Waals surface area contributed by atoms with Gasteiger partial charge in [0.2, 0.25) is 0 Å². The van der Waals surface area contributed by atoms with E-state index in [-0.39, 0.29) is 0 Å². The van der Waals surface area contributed by atoms with Crippen LogP contribution in [0.3, 0.4) is 0 Å². The minimum atomic E-state index is 0.867. The molecule has 0 saturated heterocycles. The van der Waals surface area contributed by atoms with E-state index < -0.39 is 0 Å². The summed E-state index contributed by atoms with van der Waals surface area (Å²) in [6.07, 6.45) is 0. The smallest absolute Gasteiger partial charge is 0.137 e. The molecule has 2 aromatic heterocycles. The maximum absolute atomic E-state index is 6.44. The Balaban J connectivity index is 1.18. The lowest BCUT2D eigenvalue weighted by atomic mass is 10.0. The van der Waals surface area contributed by atoms with Gasteiger partial charge in [-0.05, 0) is 99.4 Å². The van der Waals surface area contributed by atoms with Gasteiger partial charge in [0.05, 0.1) is 11.0 Å². The van der Waals surface area contributed by atoms with Crippen molar-refractivity contribution in [1.82, 2.24) is 4.57 Å². The molecule has 0 amide bonds. The van der Waals surface area contributed by atoms with Crippen LogP contribution in [0.1, 0.15) is 0 Å². The van der Waals surface area contributed by atoms with E-state index in [4.69, 9.17) is 4.42 Å². The van der Waals surface area contributed by atoms with Gasteiger partial charge in [0.25, 0.3) is 0 Å². The summed E-state index contributed by atoms with van der Waals surface area (Å²) in [6, 6.07) is 69.9. The first-order valence-electron chi connectivity index (χ1n) is 18.1. The molecule has 0 atom stereocenters. The lowest BCUT2D eigenvalue weighted by Gasteiger charge is -2.26. The number of furan rings is 1. The van der Waals surface area contributed by atoms with Gasteiger partial charge in [0.1, 0.15) is 11.2 Å². The second kappa shape index (κ2) is 11.7. The lowest BCUT2D eigenvalue weighted by Crippen LogP contribution is -2.10. The first kappa shape index (κ1) is 29.6. The van der Waals surface area contributed by atoms with E-state index in [1.165, 1.54) is 43.4 Å². The third kappa shape index (κ3) is 4.82. The van der Waals surface area contributed by atoms with Gasteiger partial charge < -0.3 is 13.9 Å². The molecule has 0 spiro atoms. The first-order chi connectivity index (χ1) is 26.2. The van der Waals surface area contributed by atoms with Gasteiger partial charge in [-0.25, -0.2) is 0 Å². The number of benzene rings is 9. The zero-order chi connectivity index (χ0) is 34.9. The van der Waals surface area contributed by atoms with E-state index in [0.717, 1.165) is 55.8 Å². The fourth-order valence-corrected chi connectivity index (χ4v) is 8.18. The van der Waals surface area contributed by atoms with Crippen LogP contribution in [0.2, 0.25) is 0 Å². The van der Waals surface area contributed by atoms with Crippen LogP contribution in [0.4, 0.5) is 17.1 Å². The third-order valence-corrected chi connectivity index (χ3v) is 10.7. The molecule has 0 N–H and O–H groups in total. The Kier molecular flexibility index (Phi) is 6.55. The second-order valence-electron chi connectivity index (χ2n) is 13.8. The standard InChI is InChI=1S/C50H32N2O/c1-2-11-33(12-3-1)36-17-10-18-39(27-36)51(42-24-26-45-44-19-8-9-20-49(44)53-50(45)32-42)41-23-25-43-46-29-37-15-6-7-16-38(37)30-47(46)52(48(43)31-41)40-22-21-34-13-4-5-14-35(34)28-40/h1-32H. The molecule has 0 aliphatic carbocycles. The molecule has 3 nitrogen and oxygen atoms in total. The van der Waals surface area contributed by atoms with Crippen molar-refractivity contribution < 1.29 is 4.42 Å². The molecule has 0 aliphatic heterocycles. The summed E-state index contributed by atoms with van der Waals surface area (Å²) < 4.78 is 8.88. The summed E-state index contributed by atoms with van der Waals surface area (Å²) in [4.78, 5) is 2.36. The van der Waals surface area contributed by atoms with Gasteiger partial charge in [-0.15, -0.1) is 0 Å². The molecule has 0 radical (unpaired) electrons. The normalized spacial score (nSPS) is 11.8. The van der Waals surface area contributed by atoms with Crippen LogP contribution in [0.25, 0.3) is 82.1 Å². The minimum absolute atomic E-state index is 0.867. The maximum Gasteiger partial charge on any atom is 0.137 e. The summed E-state index contributed by atoms with van der Waals surface area (Å²) >= 11 is 0. The predicted molar refractivity (Wildman–Crippen MR) is 223 cm³/mol. The summed E-state index contributed by atoms with van der Waals surface area (Å²) in [5.74, 6) is 0. The van der Waals surface area contributed by atoms with Crippen molar-refractivity contribution in [3.05, 3.63) is 194 Å². The van der Waals surface area contributed by atoms with Crippen molar-refractivity contribution in [3.63, 3.8) is 0 Å². The van der Waals surface area contributed by atoms with E-state index in [1.54, 1.807) is 0 Å². The molecule has 2 heterocycles. The largest absolute Gasteiger partial charge is 0.456 e. The number of nitrogens with zero attached hydrogens (tertiary/aromatic N) is 2. The van der Waals surface area contributed by atoms with Crippen LogP contribution >= 0.6 is 0 Å². The Morgan fingerprint density at radius 3 is 1.81 bits per heavy atom. The molecule has 9 aromatic carbocycles. The quantitative estimate of drug-likeness (QED) is 0.181. The molecule has 53 heavy (non-hydrogen) atoms. The fraction of sp³-hybridized carbons (Fsp3) is 0. The zero-order valence-electron chi connectivity index (χ0n) is 28.8. The molecule has 0 saturated carbocycles. The van der Waals surface area contributed by atoms with Crippen LogP contribution < -0.4 is 4.90 Å². The van der Waals surface area contributed by atoms with Crippen LogP contribution in [0.15, 0.2) is 199 Å². The molecule has 11 rings (SSSR count). The van der Waals surface area contributed by atoms with Crippen molar-refractivity contribution in [3.8, 4) is 16.8 Å². The summed E-state index contributed by atoms with van der Waals surface area (Å²) in [7, 11) is 0. The van der Waals surface area contributed by atoms with E-state index in [1.807, 2.05) is 12.1 Å². The van der Waals surface area contributed by atoms with Crippen molar-refractivity contribution >= 4 is 82.4 Å². The molecular formula is C50H32N2O. The van der Waals surface area contributed by atoms with Gasteiger partial charge in [0.15, 0.2) is 0 Å². The number of para-hydroxylation sites is 1. The average molecular weight is 677 g/mol. The topological polar surface area (TPSA) is 21.3 Å². The Morgan fingerprint density at radius 2 is 0.962 bits per heavy atom. The number of hydrogen-bond acceptors (Lipinski definition) is 2. The number of hydrogen-bond donors (Lipinski definition) is 0. The molecule has 3 heteroatoms. The highest BCUT2D eigenvalue weighted by Crippen LogP contribution is 2.43. The molecule has 0 fully saturated rings. The molecule has 11 aromatic rings. The lowest BCUT2D eigenvalue weighted by molar-refractivity contribution is 0.669. The highest BCUT2D eigenvalue weighted by Gasteiger charge is 2.20. The average Bonchev–Trinajstić information content (AvgIpc) is 3.75. The van der Waals surface area contributed by atoms with Gasteiger partial charge in [-0.3, -0.25) is 0 Å². The monoisotopic (exact) mass is 676 g/mol. The molecule has 0 bridgehead atoms. The maximum atomic E-state index is 6.44. The Labute approximate surface area is 306 Å². The number of anilines is 3. The Morgan fingerprint density at radius 1 is 0.340 bits per heavy atom. The second-order valence-corrected chi connectivity index (χ2v) is 13.8. The first-order valence-corrected chi connectivity index (χ1v) is 18.1. The van der Waals surface area contributed by atoms with E-state index in [2.05, 4.69) is 191 Å². The van der Waals surface area contributed by atoms with Gasteiger partial charge in [-0.1, -0.05) is 121 Å². The van der Waals surface area contributed by atoms with Gasteiger partial charge >= 0.3 is 0 Å². The van der Waals surface area contributed by atoms with Crippen molar-refractivity contribution in [1.29, 1.82) is 0 Å². The highest BCUT2D eigenvalue weighted by molar-refractivity contribution is 6.15. The predicted octanol–water partition coefficient (Wildman–Crippen LogP) is 14.1. The number of rotatable bonds is 5. The summed E-state index contributed by atoms with van der Waals surface area (Å²) in [6.45, 7) is 0. The molecular weight excluding hydrogens is 645 g/mol. The minimum Gasteiger partial charge on any atom is -0.456 e. The van der Waals surface area contributed by atoms with E-state index >= 15 is 0 Å². The highest BCUT2D eigenvalue weighted by atomic mass is 16.3. The van der Waals surface area contributed by atoms with Crippen LogP contribution in [0, 0.1) is 0 Å². The molecule has 0 unspecified atom stereocenters. The van der Waals surface area contributed by atoms with Crippen LogP contribution in [-0.2, 0) is 0 Å². The van der Waals surface area contributed by atoms with Crippen LogP contribution in [0.5, 0.6) is 0 Å². The SMILES string of the molecule is c1ccc(-c2cccc(N(c3ccc4c(c3)oc3ccccc34)c3ccc4c5cc6ccccc6cc5n(-c5ccc6ccccc6c5)c4c3)c2)cc1. The van der Waals surface area contributed by atoms with E-state index in [9.17, 15) is 0 Å². The van der Waals surface area contributed by atoms with Crippen molar-refractivity contribution in [2.24, 2.45) is 0 Å². The molecule has 0 aliphatic rings. The van der Waals surface area contributed by atoms with Crippen LogP contribution in [-0.4, -0.2) is 4.57 Å². The fourth-order valence-electron chi connectivity index (χ4n) is 8.18. The van der Waals surface area contributed by atoms with Gasteiger partial charge in [-0.2, -0.15) is 0 Å². The Hall–Kier alpha value is -7.10. The molecule has 248 valence electrons. The van der Waals surface area contributed by atoms with E-state index in [0.29, 0.717) is 0 Å². The Bertz CT molecular complexity index is 3190. The van der Waals surface area contributed by atoms with Crippen molar-refractivity contribution in [2.75, 3.05) is 4.90 Å². The van der Waals surface area contributed by atoms with Crippen molar-refractivity contribution in [2.45, 2.75) is 0 Å². The zero-order valence-corrected chi connectivity index (χ0v) is 28.8. The number of fused-ring (bicyclic) bond motifs is 8.